The van der Waals surface area contributed by atoms with E-state index in [9.17, 15) is 4.79 Å². The van der Waals surface area contributed by atoms with Gasteiger partial charge < -0.3 is 4.74 Å². The molecular weight excluding hydrogens is 202 g/mol. The maximum atomic E-state index is 11.8. The van der Waals surface area contributed by atoms with E-state index in [0.29, 0.717) is 13.0 Å². The van der Waals surface area contributed by atoms with Gasteiger partial charge in [0.1, 0.15) is 6.10 Å². The zero-order valence-corrected chi connectivity index (χ0v) is 10.3. The highest BCUT2D eigenvalue weighted by molar-refractivity contribution is 5.83. The number of allylic oxidation sites excluding steroid dienone is 1. The van der Waals surface area contributed by atoms with Crippen LogP contribution in [0.5, 0.6) is 0 Å². The topological polar surface area (TPSA) is 29.5 Å². The molecule has 0 radical (unpaired) electrons. The Hall–Kier alpha value is -0.670. The third-order valence-electron chi connectivity index (χ3n) is 2.88. The Morgan fingerprint density at radius 2 is 2.44 bits per heavy atom. The molecule has 1 aliphatic rings. The second-order valence-electron chi connectivity index (χ2n) is 4.31. The van der Waals surface area contributed by atoms with Crippen LogP contribution in [0, 0.1) is 0 Å². The van der Waals surface area contributed by atoms with Gasteiger partial charge in [0, 0.05) is 19.5 Å². The average molecular weight is 225 g/mol. The van der Waals surface area contributed by atoms with Gasteiger partial charge in [-0.05, 0) is 25.8 Å². The minimum atomic E-state index is -0.190. The smallest absolute Gasteiger partial charge is 0.162 e. The molecule has 0 N–H and O–H groups in total. The number of hydrogen-bond donors (Lipinski definition) is 0. The Morgan fingerprint density at radius 3 is 3.12 bits per heavy atom. The first-order valence-electron chi connectivity index (χ1n) is 6.25. The molecule has 0 aliphatic carbocycles. The lowest BCUT2D eigenvalue weighted by Crippen LogP contribution is -2.46. The molecule has 0 spiro atoms. The second-order valence-corrected chi connectivity index (χ2v) is 4.31. The second kappa shape index (κ2) is 7.58. The maximum absolute atomic E-state index is 11.8. The number of carbonyl (C=O) groups is 1. The van der Waals surface area contributed by atoms with E-state index in [1.807, 2.05) is 6.08 Å². The van der Waals surface area contributed by atoms with Crippen molar-refractivity contribution in [1.82, 2.24) is 4.90 Å². The lowest BCUT2D eigenvalue weighted by Gasteiger charge is -2.31. The van der Waals surface area contributed by atoms with Gasteiger partial charge >= 0.3 is 0 Å². The van der Waals surface area contributed by atoms with Crippen LogP contribution in [0.3, 0.4) is 0 Å². The van der Waals surface area contributed by atoms with Crippen molar-refractivity contribution >= 4 is 5.78 Å². The average Bonchev–Trinajstić information content (AvgIpc) is 2.30. The fourth-order valence-corrected chi connectivity index (χ4v) is 2.00. The van der Waals surface area contributed by atoms with Gasteiger partial charge in [-0.3, -0.25) is 9.69 Å². The molecule has 3 heteroatoms. The van der Waals surface area contributed by atoms with E-state index in [4.69, 9.17) is 4.74 Å². The van der Waals surface area contributed by atoms with Crippen molar-refractivity contribution in [3.8, 4) is 0 Å². The summed E-state index contributed by atoms with van der Waals surface area (Å²) >= 11 is 0. The van der Waals surface area contributed by atoms with Crippen LogP contribution in [0.15, 0.2) is 12.7 Å². The Kier molecular flexibility index (Phi) is 6.34. The van der Waals surface area contributed by atoms with Crippen molar-refractivity contribution in [2.24, 2.45) is 0 Å². The molecule has 0 saturated carbocycles. The molecule has 1 fully saturated rings. The molecule has 0 bridgehead atoms. The number of hydrogen-bond acceptors (Lipinski definition) is 3. The highest BCUT2D eigenvalue weighted by Crippen LogP contribution is 2.10. The van der Waals surface area contributed by atoms with Crippen molar-refractivity contribution in [3.05, 3.63) is 12.7 Å². The summed E-state index contributed by atoms with van der Waals surface area (Å²) in [6, 6.07) is 0. The van der Waals surface area contributed by atoms with Gasteiger partial charge in [0.15, 0.2) is 5.78 Å². The monoisotopic (exact) mass is 225 g/mol. The lowest BCUT2D eigenvalue weighted by atomic mass is 10.1. The first-order chi connectivity index (χ1) is 7.77. The van der Waals surface area contributed by atoms with Crippen LogP contribution in [0.4, 0.5) is 0 Å². The summed E-state index contributed by atoms with van der Waals surface area (Å²) in [5.74, 6) is 0.252. The van der Waals surface area contributed by atoms with E-state index in [0.717, 1.165) is 38.9 Å². The van der Waals surface area contributed by atoms with E-state index < -0.39 is 0 Å². The first-order valence-corrected chi connectivity index (χ1v) is 6.25. The van der Waals surface area contributed by atoms with E-state index in [1.54, 1.807) is 0 Å². The predicted octanol–water partition coefficient (Wildman–Crippen LogP) is 2.02. The summed E-state index contributed by atoms with van der Waals surface area (Å²) in [6.07, 6.45) is 5.24. The molecule has 1 rings (SSSR count). The number of unbranched alkanes of at least 4 members (excludes halogenated alkanes) is 1. The molecule has 16 heavy (non-hydrogen) atoms. The summed E-state index contributed by atoms with van der Waals surface area (Å²) in [4.78, 5) is 14.2. The van der Waals surface area contributed by atoms with Crippen molar-refractivity contribution in [2.45, 2.75) is 38.7 Å². The van der Waals surface area contributed by atoms with E-state index in [2.05, 4.69) is 18.4 Å². The molecule has 1 heterocycles. The van der Waals surface area contributed by atoms with Gasteiger partial charge in [-0.1, -0.05) is 13.0 Å². The third-order valence-corrected chi connectivity index (χ3v) is 2.88. The molecule has 0 aromatic heterocycles. The fourth-order valence-electron chi connectivity index (χ4n) is 2.00. The van der Waals surface area contributed by atoms with Gasteiger partial charge in [-0.25, -0.2) is 0 Å². The van der Waals surface area contributed by atoms with Gasteiger partial charge in [0.05, 0.1) is 6.61 Å². The Bertz CT molecular complexity index is 226. The molecule has 92 valence electrons. The summed E-state index contributed by atoms with van der Waals surface area (Å²) in [5.41, 5.74) is 0. The number of Topliss-reactive ketones (excluding diaryl/α,β-unsaturated/α-hetero) is 1. The molecular formula is C13H23NO2. The minimum Gasteiger partial charge on any atom is -0.368 e. The summed E-state index contributed by atoms with van der Waals surface area (Å²) < 4.78 is 5.53. The van der Waals surface area contributed by atoms with Gasteiger partial charge in [-0.2, -0.15) is 0 Å². The van der Waals surface area contributed by atoms with Crippen LogP contribution >= 0.6 is 0 Å². The quantitative estimate of drug-likeness (QED) is 0.490. The van der Waals surface area contributed by atoms with E-state index in [1.165, 1.54) is 0 Å². The molecule has 0 aromatic rings. The zero-order valence-electron chi connectivity index (χ0n) is 10.3. The number of ketones is 1. The van der Waals surface area contributed by atoms with Crippen molar-refractivity contribution < 1.29 is 9.53 Å². The molecule has 0 amide bonds. The van der Waals surface area contributed by atoms with Gasteiger partial charge in [0.2, 0.25) is 0 Å². The SMILES string of the molecule is C=CCCCC(=O)C1CN(CCC)CCO1. The van der Waals surface area contributed by atoms with E-state index in [-0.39, 0.29) is 11.9 Å². The number of morpholine rings is 1. The molecule has 0 aromatic carbocycles. The predicted molar refractivity (Wildman–Crippen MR) is 65.5 cm³/mol. The van der Waals surface area contributed by atoms with Crippen molar-refractivity contribution in [1.29, 1.82) is 0 Å². The van der Waals surface area contributed by atoms with Crippen molar-refractivity contribution in [3.63, 3.8) is 0 Å². The molecule has 1 saturated heterocycles. The molecule has 1 unspecified atom stereocenters. The molecule has 3 nitrogen and oxygen atoms in total. The van der Waals surface area contributed by atoms with Gasteiger partial charge in [-0.15, -0.1) is 6.58 Å². The van der Waals surface area contributed by atoms with Crippen LogP contribution in [-0.4, -0.2) is 43.0 Å². The summed E-state index contributed by atoms with van der Waals surface area (Å²) in [6.45, 7) is 9.32. The number of ether oxygens (including phenoxy) is 1. The number of nitrogens with zero attached hydrogens (tertiary/aromatic N) is 1. The fraction of sp³-hybridized carbons (Fsp3) is 0.769. The van der Waals surface area contributed by atoms with E-state index >= 15 is 0 Å². The first kappa shape index (κ1) is 13.4. The van der Waals surface area contributed by atoms with Crippen LogP contribution in [0.2, 0.25) is 0 Å². The molecule has 1 atom stereocenters. The van der Waals surface area contributed by atoms with Crippen LogP contribution in [0.1, 0.15) is 32.6 Å². The van der Waals surface area contributed by atoms with Crippen LogP contribution < -0.4 is 0 Å². The van der Waals surface area contributed by atoms with Crippen LogP contribution in [0.25, 0.3) is 0 Å². The summed E-state index contributed by atoms with van der Waals surface area (Å²) in [5, 5.41) is 0. The van der Waals surface area contributed by atoms with Crippen LogP contribution in [-0.2, 0) is 9.53 Å². The highest BCUT2D eigenvalue weighted by atomic mass is 16.5. The summed E-state index contributed by atoms with van der Waals surface area (Å²) in [7, 11) is 0. The maximum Gasteiger partial charge on any atom is 0.162 e. The Morgan fingerprint density at radius 1 is 1.62 bits per heavy atom. The largest absolute Gasteiger partial charge is 0.368 e. The number of rotatable bonds is 7. The standard InChI is InChI=1S/C13H23NO2/c1-3-5-6-7-12(15)13-11-14(8-4-2)9-10-16-13/h3,13H,1,4-11H2,2H3. The Labute approximate surface area is 98.5 Å². The number of carbonyl (C=O) groups excluding carboxylic acids is 1. The zero-order chi connectivity index (χ0) is 11.8. The van der Waals surface area contributed by atoms with Crippen molar-refractivity contribution in [2.75, 3.05) is 26.2 Å². The third kappa shape index (κ3) is 4.45. The highest BCUT2D eigenvalue weighted by Gasteiger charge is 2.25. The Balaban J connectivity index is 2.28. The normalized spacial score (nSPS) is 21.9. The lowest BCUT2D eigenvalue weighted by molar-refractivity contribution is -0.136. The van der Waals surface area contributed by atoms with Gasteiger partial charge in [0.25, 0.3) is 0 Å². The molecule has 1 aliphatic heterocycles. The minimum absolute atomic E-state index is 0.190.